The van der Waals surface area contributed by atoms with E-state index in [1.807, 2.05) is 0 Å². The Hall–Kier alpha value is -3.15. The molecule has 0 aliphatic carbocycles. The first kappa shape index (κ1) is 15.4. The molecule has 1 aliphatic rings. The van der Waals surface area contributed by atoms with E-state index in [1.165, 1.54) is 7.11 Å². The van der Waals surface area contributed by atoms with Gasteiger partial charge in [0, 0.05) is 23.6 Å². The molecule has 4 rings (SSSR count). The predicted molar refractivity (Wildman–Crippen MR) is 93.9 cm³/mol. The van der Waals surface area contributed by atoms with Gasteiger partial charge in [0.25, 0.3) is 5.91 Å². The topological polar surface area (TPSA) is 68.5 Å². The average Bonchev–Trinajstić information content (AvgIpc) is 2.89. The number of hydrogen-bond donors (Lipinski definition) is 1. The van der Waals surface area contributed by atoms with Crippen molar-refractivity contribution in [2.75, 3.05) is 19.9 Å². The van der Waals surface area contributed by atoms with E-state index in [1.54, 1.807) is 48.3 Å². The van der Waals surface area contributed by atoms with Crippen LogP contribution in [0.15, 0.2) is 36.4 Å². The van der Waals surface area contributed by atoms with E-state index in [-0.39, 0.29) is 11.7 Å². The second-order valence-electron chi connectivity index (χ2n) is 6.03. The summed E-state index contributed by atoms with van der Waals surface area (Å²) in [5.41, 5.74) is 9.29. The van der Waals surface area contributed by atoms with Crippen molar-refractivity contribution in [3.05, 3.63) is 53.5 Å². The summed E-state index contributed by atoms with van der Waals surface area (Å²) in [6.07, 6.45) is 0. The molecule has 2 heterocycles. The fraction of sp³-hybridized carbons (Fsp3) is 0.158. The van der Waals surface area contributed by atoms with Gasteiger partial charge in [0.1, 0.15) is 0 Å². The van der Waals surface area contributed by atoms with Crippen molar-refractivity contribution in [1.82, 2.24) is 9.88 Å². The fourth-order valence-corrected chi connectivity index (χ4v) is 3.30. The summed E-state index contributed by atoms with van der Waals surface area (Å²) in [7, 11) is 3.13. The second kappa shape index (κ2) is 5.44. The summed E-state index contributed by atoms with van der Waals surface area (Å²) in [6.45, 7) is 0.392. The molecule has 5 nitrogen and oxygen atoms in total. The lowest BCUT2D eigenvalue weighted by molar-refractivity contribution is 0.0817. The van der Waals surface area contributed by atoms with Crippen LogP contribution in [0.25, 0.3) is 22.0 Å². The fourth-order valence-electron chi connectivity index (χ4n) is 3.30. The SMILES string of the molecule is COc1cccc(-c2cccc3c(N)c4c(nc23)CN(C)C4=O)c1F. The molecule has 1 aliphatic heterocycles. The van der Waals surface area contributed by atoms with Crippen molar-refractivity contribution in [2.45, 2.75) is 6.54 Å². The second-order valence-corrected chi connectivity index (χ2v) is 6.03. The number of carbonyl (C=O) groups excluding carboxylic acids is 1. The Morgan fingerprint density at radius 3 is 2.68 bits per heavy atom. The maximum Gasteiger partial charge on any atom is 0.258 e. The molecular formula is C19H16FN3O2. The number of pyridine rings is 1. The van der Waals surface area contributed by atoms with Crippen molar-refractivity contribution in [2.24, 2.45) is 0 Å². The number of ether oxygens (including phenoxy) is 1. The van der Waals surface area contributed by atoms with Crippen LogP contribution in [0.1, 0.15) is 16.1 Å². The third-order valence-corrected chi connectivity index (χ3v) is 4.55. The molecule has 126 valence electrons. The van der Waals surface area contributed by atoms with E-state index in [0.29, 0.717) is 45.5 Å². The van der Waals surface area contributed by atoms with Gasteiger partial charge in [0.15, 0.2) is 11.6 Å². The van der Waals surface area contributed by atoms with Crippen LogP contribution in [0.5, 0.6) is 5.75 Å². The Balaban J connectivity index is 2.04. The number of benzene rings is 2. The Kier molecular flexibility index (Phi) is 3.35. The van der Waals surface area contributed by atoms with E-state index < -0.39 is 5.82 Å². The quantitative estimate of drug-likeness (QED) is 0.779. The van der Waals surface area contributed by atoms with Gasteiger partial charge in [-0.2, -0.15) is 0 Å². The van der Waals surface area contributed by atoms with Crippen LogP contribution in [0, 0.1) is 5.82 Å². The number of para-hydroxylation sites is 1. The number of fused-ring (bicyclic) bond motifs is 2. The summed E-state index contributed by atoms with van der Waals surface area (Å²) in [5, 5.41) is 0.641. The molecule has 0 fully saturated rings. The van der Waals surface area contributed by atoms with E-state index in [9.17, 15) is 9.18 Å². The summed E-state index contributed by atoms with van der Waals surface area (Å²) in [5.74, 6) is -0.426. The van der Waals surface area contributed by atoms with Gasteiger partial charge in [-0.25, -0.2) is 9.37 Å². The lowest BCUT2D eigenvalue weighted by atomic mass is 9.98. The zero-order valence-corrected chi connectivity index (χ0v) is 13.8. The number of halogens is 1. The Labute approximate surface area is 143 Å². The number of hydrogen-bond acceptors (Lipinski definition) is 4. The molecular weight excluding hydrogens is 321 g/mol. The Bertz CT molecular complexity index is 1030. The summed E-state index contributed by atoms with van der Waals surface area (Å²) >= 11 is 0. The molecule has 0 bridgehead atoms. The van der Waals surface area contributed by atoms with Crippen LogP contribution in [0.3, 0.4) is 0 Å². The van der Waals surface area contributed by atoms with E-state index in [0.717, 1.165) is 0 Å². The molecule has 2 aromatic carbocycles. The number of aromatic nitrogens is 1. The minimum absolute atomic E-state index is 0.139. The standard InChI is InChI=1S/C19H16FN3O2/c1-23-9-13-15(19(23)24)17(21)12-7-3-6-11(18(12)22-13)10-5-4-8-14(25-2)16(10)20/h3-8H,9H2,1-2H3,(H2,21,22). The van der Waals surface area contributed by atoms with Crippen LogP contribution in [-0.4, -0.2) is 29.9 Å². The normalized spacial score (nSPS) is 13.4. The van der Waals surface area contributed by atoms with Crippen molar-refractivity contribution in [3.63, 3.8) is 0 Å². The minimum Gasteiger partial charge on any atom is -0.494 e. The third kappa shape index (κ3) is 2.14. The smallest absolute Gasteiger partial charge is 0.258 e. The van der Waals surface area contributed by atoms with Crippen molar-refractivity contribution in [3.8, 4) is 16.9 Å². The number of nitrogen functional groups attached to an aromatic ring is 1. The number of nitrogens with zero attached hydrogens (tertiary/aromatic N) is 2. The number of methoxy groups -OCH3 is 1. The van der Waals surface area contributed by atoms with Gasteiger partial charge in [-0.15, -0.1) is 0 Å². The highest BCUT2D eigenvalue weighted by molar-refractivity contribution is 6.11. The largest absolute Gasteiger partial charge is 0.494 e. The number of amides is 1. The number of nitrogens with two attached hydrogens (primary N) is 1. The van der Waals surface area contributed by atoms with E-state index in [4.69, 9.17) is 10.5 Å². The zero-order chi connectivity index (χ0) is 17.7. The third-order valence-electron chi connectivity index (χ3n) is 4.55. The van der Waals surface area contributed by atoms with Gasteiger partial charge >= 0.3 is 0 Å². The van der Waals surface area contributed by atoms with Crippen LogP contribution >= 0.6 is 0 Å². The molecule has 0 saturated heterocycles. The highest BCUT2D eigenvalue weighted by atomic mass is 19.1. The van der Waals surface area contributed by atoms with Crippen LogP contribution in [-0.2, 0) is 6.54 Å². The van der Waals surface area contributed by atoms with Gasteiger partial charge in [-0.3, -0.25) is 4.79 Å². The minimum atomic E-state index is -0.452. The maximum absolute atomic E-state index is 14.7. The molecule has 3 aromatic rings. The molecule has 0 atom stereocenters. The van der Waals surface area contributed by atoms with E-state index in [2.05, 4.69) is 4.98 Å². The first-order valence-corrected chi connectivity index (χ1v) is 7.82. The number of carbonyl (C=O) groups is 1. The van der Waals surface area contributed by atoms with Gasteiger partial charge in [0.2, 0.25) is 0 Å². The molecule has 0 unspecified atom stereocenters. The van der Waals surface area contributed by atoms with Crippen LogP contribution < -0.4 is 10.5 Å². The van der Waals surface area contributed by atoms with Gasteiger partial charge in [-0.1, -0.05) is 30.3 Å². The van der Waals surface area contributed by atoms with Gasteiger partial charge < -0.3 is 15.4 Å². The zero-order valence-electron chi connectivity index (χ0n) is 13.8. The highest BCUT2D eigenvalue weighted by Crippen LogP contribution is 2.38. The molecule has 0 spiro atoms. The maximum atomic E-state index is 14.7. The van der Waals surface area contributed by atoms with Gasteiger partial charge in [0.05, 0.1) is 36.1 Å². The first-order chi connectivity index (χ1) is 12.0. The predicted octanol–water partition coefficient (Wildman–Crippen LogP) is 3.22. The number of anilines is 1. The summed E-state index contributed by atoms with van der Waals surface area (Å²) < 4.78 is 19.8. The molecule has 0 radical (unpaired) electrons. The molecule has 25 heavy (non-hydrogen) atoms. The highest BCUT2D eigenvalue weighted by Gasteiger charge is 2.30. The molecule has 2 N–H and O–H groups in total. The molecule has 1 aromatic heterocycles. The summed E-state index contributed by atoms with van der Waals surface area (Å²) in [4.78, 5) is 18.5. The Morgan fingerprint density at radius 1 is 1.20 bits per heavy atom. The Morgan fingerprint density at radius 2 is 1.92 bits per heavy atom. The lowest BCUT2D eigenvalue weighted by Crippen LogP contribution is -2.18. The van der Waals surface area contributed by atoms with Crippen molar-refractivity contribution in [1.29, 1.82) is 0 Å². The van der Waals surface area contributed by atoms with E-state index >= 15 is 0 Å². The van der Waals surface area contributed by atoms with Crippen LogP contribution in [0.4, 0.5) is 10.1 Å². The average molecular weight is 337 g/mol. The molecule has 0 saturated carbocycles. The monoisotopic (exact) mass is 337 g/mol. The summed E-state index contributed by atoms with van der Waals surface area (Å²) in [6, 6.07) is 10.3. The van der Waals surface area contributed by atoms with Crippen molar-refractivity contribution < 1.29 is 13.9 Å². The van der Waals surface area contributed by atoms with Crippen molar-refractivity contribution >= 4 is 22.5 Å². The molecule has 6 heteroatoms. The molecule has 1 amide bonds. The first-order valence-electron chi connectivity index (χ1n) is 7.82. The number of rotatable bonds is 2. The van der Waals surface area contributed by atoms with Gasteiger partial charge in [-0.05, 0) is 6.07 Å². The lowest BCUT2D eigenvalue weighted by Gasteiger charge is -2.12. The van der Waals surface area contributed by atoms with Crippen LogP contribution in [0.2, 0.25) is 0 Å².